The van der Waals surface area contributed by atoms with Gasteiger partial charge in [0.15, 0.2) is 5.96 Å². The van der Waals surface area contributed by atoms with Crippen LogP contribution in [0.1, 0.15) is 39.5 Å². The SMILES string of the molecule is CN=C(NCC(C(C)C)N1CCN(C)CC1)NC1CCCC1. The maximum absolute atomic E-state index is 4.41. The number of rotatable bonds is 5. The molecule has 1 saturated heterocycles. The third kappa shape index (κ3) is 5.13. The van der Waals surface area contributed by atoms with Gasteiger partial charge < -0.3 is 15.5 Å². The Morgan fingerprint density at radius 3 is 2.32 bits per heavy atom. The van der Waals surface area contributed by atoms with E-state index in [-0.39, 0.29) is 0 Å². The molecule has 2 aliphatic rings. The Kier molecular flexibility index (Phi) is 6.96. The maximum Gasteiger partial charge on any atom is 0.191 e. The van der Waals surface area contributed by atoms with Crippen LogP contribution in [0.3, 0.4) is 0 Å². The van der Waals surface area contributed by atoms with Gasteiger partial charge in [0, 0.05) is 51.9 Å². The molecule has 2 N–H and O–H groups in total. The molecule has 0 aromatic heterocycles. The van der Waals surface area contributed by atoms with Crippen LogP contribution in [0, 0.1) is 5.92 Å². The lowest BCUT2D eigenvalue weighted by atomic mass is 10.0. The molecule has 1 saturated carbocycles. The van der Waals surface area contributed by atoms with Gasteiger partial charge in [-0.3, -0.25) is 9.89 Å². The number of aliphatic imine (C=N–C) groups is 1. The van der Waals surface area contributed by atoms with Gasteiger partial charge in [-0.05, 0) is 25.8 Å². The molecule has 1 aliphatic carbocycles. The topological polar surface area (TPSA) is 42.9 Å². The predicted octanol–water partition coefficient (Wildman–Crippen LogP) is 1.37. The van der Waals surface area contributed by atoms with E-state index in [1.54, 1.807) is 0 Å². The number of nitrogens with one attached hydrogen (secondary N) is 2. The standard InChI is InChI=1S/C17H35N5/c1-14(2)16(22-11-9-21(4)10-12-22)13-19-17(18-3)20-15-7-5-6-8-15/h14-16H,5-13H2,1-4H3,(H2,18,19,20). The zero-order chi connectivity index (χ0) is 15.9. The Balaban J connectivity index is 1.82. The van der Waals surface area contributed by atoms with Crippen molar-refractivity contribution in [3.63, 3.8) is 0 Å². The van der Waals surface area contributed by atoms with Crippen LogP contribution in [0.15, 0.2) is 4.99 Å². The average Bonchev–Trinajstić information content (AvgIpc) is 3.00. The van der Waals surface area contributed by atoms with Gasteiger partial charge in [0.25, 0.3) is 0 Å². The summed E-state index contributed by atoms with van der Waals surface area (Å²) in [5.41, 5.74) is 0. The van der Waals surface area contributed by atoms with Crippen LogP contribution >= 0.6 is 0 Å². The fraction of sp³-hybridized carbons (Fsp3) is 0.941. The van der Waals surface area contributed by atoms with Crippen LogP contribution in [0.25, 0.3) is 0 Å². The molecular formula is C17H35N5. The first-order valence-electron chi connectivity index (χ1n) is 9.00. The van der Waals surface area contributed by atoms with Gasteiger partial charge in [0.1, 0.15) is 0 Å². The molecule has 1 unspecified atom stereocenters. The van der Waals surface area contributed by atoms with Gasteiger partial charge >= 0.3 is 0 Å². The fourth-order valence-corrected chi connectivity index (χ4v) is 3.60. The van der Waals surface area contributed by atoms with Crippen LogP contribution in [0.2, 0.25) is 0 Å². The number of piperazine rings is 1. The highest BCUT2D eigenvalue weighted by Crippen LogP contribution is 2.17. The number of guanidine groups is 1. The highest BCUT2D eigenvalue weighted by Gasteiger charge is 2.25. The van der Waals surface area contributed by atoms with Crippen LogP contribution in [-0.2, 0) is 0 Å². The maximum atomic E-state index is 4.41. The molecule has 0 amide bonds. The van der Waals surface area contributed by atoms with Gasteiger partial charge in [0.2, 0.25) is 0 Å². The van der Waals surface area contributed by atoms with E-state index in [1.807, 2.05) is 7.05 Å². The van der Waals surface area contributed by atoms with E-state index >= 15 is 0 Å². The van der Waals surface area contributed by atoms with E-state index in [4.69, 9.17) is 0 Å². The van der Waals surface area contributed by atoms with E-state index < -0.39 is 0 Å². The van der Waals surface area contributed by atoms with Crippen molar-refractivity contribution in [1.82, 2.24) is 20.4 Å². The Bertz CT molecular complexity index is 341. The summed E-state index contributed by atoms with van der Waals surface area (Å²) in [5, 5.41) is 7.15. The van der Waals surface area contributed by atoms with Crippen molar-refractivity contribution < 1.29 is 0 Å². The molecule has 128 valence electrons. The zero-order valence-electron chi connectivity index (χ0n) is 14.9. The highest BCUT2D eigenvalue weighted by molar-refractivity contribution is 5.80. The quantitative estimate of drug-likeness (QED) is 0.594. The summed E-state index contributed by atoms with van der Waals surface area (Å²) in [6.07, 6.45) is 5.27. The summed E-state index contributed by atoms with van der Waals surface area (Å²) in [4.78, 5) is 9.47. The average molecular weight is 310 g/mol. The molecule has 0 spiro atoms. The molecule has 1 aliphatic heterocycles. The summed E-state index contributed by atoms with van der Waals surface area (Å²) in [7, 11) is 4.10. The smallest absolute Gasteiger partial charge is 0.191 e. The number of nitrogens with zero attached hydrogens (tertiary/aromatic N) is 3. The second-order valence-electron chi connectivity index (χ2n) is 7.23. The molecule has 0 aromatic rings. The molecule has 22 heavy (non-hydrogen) atoms. The van der Waals surface area contributed by atoms with E-state index in [0.717, 1.165) is 12.5 Å². The Morgan fingerprint density at radius 2 is 1.77 bits per heavy atom. The fourth-order valence-electron chi connectivity index (χ4n) is 3.60. The molecule has 0 radical (unpaired) electrons. The van der Waals surface area contributed by atoms with Gasteiger partial charge in [-0.25, -0.2) is 0 Å². The molecular weight excluding hydrogens is 274 g/mol. The molecule has 1 heterocycles. The summed E-state index contributed by atoms with van der Waals surface area (Å²) in [6, 6.07) is 1.20. The lowest BCUT2D eigenvalue weighted by Gasteiger charge is -2.40. The monoisotopic (exact) mass is 309 g/mol. The molecule has 0 aromatic carbocycles. The minimum absolute atomic E-state index is 0.579. The van der Waals surface area contributed by atoms with Gasteiger partial charge in [-0.2, -0.15) is 0 Å². The van der Waals surface area contributed by atoms with Crippen molar-refractivity contribution in [3.05, 3.63) is 0 Å². The molecule has 2 rings (SSSR count). The van der Waals surface area contributed by atoms with Crippen LogP contribution in [-0.4, -0.2) is 74.7 Å². The van der Waals surface area contributed by atoms with E-state index in [0.29, 0.717) is 18.0 Å². The second kappa shape index (κ2) is 8.73. The normalized spacial score (nSPS) is 24.0. The Hall–Kier alpha value is -0.810. The third-order valence-electron chi connectivity index (χ3n) is 5.17. The van der Waals surface area contributed by atoms with Gasteiger partial charge in [0.05, 0.1) is 0 Å². The van der Waals surface area contributed by atoms with Crippen molar-refractivity contribution >= 4 is 5.96 Å². The van der Waals surface area contributed by atoms with Crippen molar-refractivity contribution in [1.29, 1.82) is 0 Å². The molecule has 5 heteroatoms. The van der Waals surface area contributed by atoms with E-state index in [1.165, 1.54) is 51.9 Å². The van der Waals surface area contributed by atoms with E-state index in [2.05, 4.69) is 46.3 Å². The predicted molar refractivity (Wildman–Crippen MR) is 94.4 cm³/mol. The van der Waals surface area contributed by atoms with Crippen LogP contribution in [0.5, 0.6) is 0 Å². The Labute approximate surface area is 136 Å². The van der Waals surface area contributed by atoms with Crippen molar-refractivity contribution in [2.75, 3.05) is 46.8 Å². The molecule has 0 bridgehead atoms. The first kappa shape index (κ1) is 17.5. The minimum atomic E-state index is 0.579. The van der Waals surface area contributed by atoms with Crippen LogP contribution in [0.4, 0.5) is 0 Å². The lowest BCUT2D eigenvalue weighted by Crippen LogP contribution is -2.55. The van der Waals surface area contributed by atoms with Crippen molar-refractivity contribution in [2.45, 2.75) is 51.6 Å². The number of hydrogen-bond donors (Lipinski definition) is 2. The van der Waals surface area contributed by atoms with Gasteiger partial charge in [-0.1, -0.05) is 26.7 Å². The number of hydrogen-bond acceptors (Lipinski definition) is 3. The Morgan fingerprint density at radius 1 is 1.14 bits per heavy atom. The van der Waals surface area contributed by atoms with Crippen molar-refractivity contribution in [2.24, 2.45) is 10.9 Å². The summed E-state index contributed by atoms with van der Waals surface area (Å²) in [5.74, 6) is 1.63. The largest absolute Gasteiger partial charge is 0.355 e. The highest BCUT2D eigenvalue weighted by atomic mass is 15.3. The molecule has 5 nitrogen and oxygen atoms in total. The lowest BCUT2D eigenvalue weighted by molar-refractivity contribution is 0.0899. The summed E-state index contributed by atoms with van der Waals surface area (Å²) < 4.78 is 0. The zero-order valence-corrected chi connectivity index (χ0v) is 14.9. The van der Waals surface area contributed by atoms with Crippen LogP contribution < -0.4 is 10.6 Å². The third-order valence-corrected chi connectivity index (χ3v) is 5.17. The number of likely N-dealkylation sites (N-methyl/N-ethyl adjacent to an activating group) is 1. The van der Waals surface area contributed by atoms with E-state index in [9.17, 15) is 0 Å². The first-order valence-corrected chi connectivity index (χ1v) is 9.00. The minimum Gasteiger partial charge on any atom is -0.355 e. The van der Waals surface area contributed by atoms with Gasteiger partial charge in [-0.15, -0.1) is 0 Å². The van der Waals surface area contributed by atoms with Crippen molar-refractivity contribution in [3.8, 4) is 0 Å². The summed E-state index contributed by atoms with van der Waals surface area (Å²) in [6.45, 7) is 10.4. The molecule has 2 fully saturated rings. The summed E-state index contributed by atoms with van der Waals surface area (Å²) >= 11 is 0. The second-order valence-corrected chi connectivity index (χ2v) is 7.23. The molecule has 1 atom stereocenters. The first-order chi connectivity index (χ1) is 10.6.